The quantitative estimate of drug-likeness (QED) is 0.806. The van der Waals surface area contributed by atoms with E-state index in [4.69, 9.17) is 4.52 Å². The molecule has 3 rings (SSSR count). The van der Waals surface area contributed by atoms with Crippen LogP contribution in [0.15, 0.2) is 16.9 Å². The summed E-state index contributed by atoms with van der Waals surface area (Å²) in [7, 11) is -1.30. The average Bonchev–Trinajstić information content (AvgIpc) is 3.15. The first-order valence-electron chi connectivity index (χ1n) is 6.73. The zero-order valence-corrected chi connectivity index (χ0v) is 12.7. The number of amides is 1. The summed E-state index contributed by atoms with van der Waals surface area (Å²) in [6, 6.07) is 0. The Morgan fingerprint density at radius 2 is 2.36 bits per heavy atom. The average molecular weight is 325 g/mol. The van der Waals surface area contributed by atoms with Crippen LogP contribution in [-0.4, -0.2) is 45.8 Å². The monoisotopic (exact) mass is 325 g/mol. The zero-order chi connectivity index (χ0) is 15.7. The molecule has 9 nitrogen and oxygen atoms in total. The van der Waals surface area contributed by atoms with Crippen molar-refractivity contribution in [2.24, 2.45) is 13.0 Å². The van der Waals surface area contributed by atoms with Gasteiger partial charge in [-0.05, 0) is 6.42 Å². The fourth-order valence-electron chi connectivity index (χ4n) is 2.29. The van der Waals surface area contributed by atoms with Gasteiger partial charge in [0, 0.05) is 13.2 Å². The molecule has 1 N–H and O–H groups in total. The van der Waals surface area contributed by atoms with E-state index in [1.54, 1.807) is 24.1 Å². The summed E-state index contributed by atoms with van der Waals surface area (Å²) in [4.78, 5) is 16.1. The van der Waals surface area contributed by atoms with Crippen molar-refractivity contribution in [3.05, 3.63) is 18.3 Å². The van der Waals surface area contributed by atoms with Crippen molar-refractivity contribution in [3.63, 3.8) is 0 Å². The molecule has 1 fully saturated rings. The predicted octanol–water partition coefficient (Wildman–Crippen LogP) is -0.479. The van der Waals surface area contributed by atoms with Crippen LogP contribution in [0.25, 0.3) is 11.4 Å². The number of aromatic nitrogens is 4. The highest BCUT2D eigenvalue weighted by atomic mass is 32.2. The summed E-state index contributed by atoms with van der Waals surface area (Å²) in [6.07, 6.45) is 3.71. The summed E-state index contributed by atoms with van der Waals surface area (Å²) in [5.74, 6) is -0.179. The fourth-order valence-corrected chi connectivity index (χ4v) is 4.03. The molecule has 2 aromatic rings. The Kier molecular flexibility index (Phi) is 3.69. The second kappa shape index (κ2) is 5.52. The topological polar surface area (TPSA) is 120 Å². The van der Waals surface area contributed by atoms with Crippen molar-refractivity contribution in [1.29, 1.82) is 0 Å². The Balaban J connectivity index is 1.58. The molecular formula is C12H15N5O4S. The van der Waals surface area contributed by atoms with Crippen LogP contribution >= 0.6 is 0 Å². The molecule has 1 aliphatic heterocycles. The van der Waals surface area contributed by atoms with E-state index in [1.807, 2.05) is 0 Å². The first-order chi connectivity index (χ1) is 10.4. The maximum atomic E-state index is 11.9. The molecular weight excluding hydrogens is 310 g/mol. The second-order valence-electron chi connectivity index (χ2n) is 5.23. The number of carbonyl (C=O) groups is 1. The van der Waals surface area contributed by atoms with E-state index in [1.165, 1.54) is 0 Å². The van der Waals surface area contributed by atoms with Gasteiger partial charge in [-0.25, -0.2) is 8.42 Å². The normalized spacial score (nSPS) is 20.1. The minimum Gasteiger partial charge on any atom is -0.347 e. The number of hydrogen-bond acceptors (Lipinski definition) is 7. The van der Waals surface area contributed by atoms with E-state index in [0.717, 1.165) is 0 Å². The van der Waals surface area contributed by atoms with Crippen LogP contribution in [0.2, 0.25) is 0 Å². The van der Waals surface area contributed by atoms with E-state index in [2.05, 4.69) is 20.6 Å². The number of aryl methyl sites for hydroxylation is 1. The highest BCUT2D eigenvalue weighted by Gasteiger charge is 2.32. The van der Waals surface area contributed by atoms with Gasteiger partial charge in [-0.3, -0.25) is 9.48 Å². The van der Waals surface area contributed by atoms with E-state index < -0.39 is 15.8 Å². The van der Waals surface area contributed by atoms with E-state index in [-0.39, 0.29) is 29.8 Å². The molecule has 0 aromatic carbocycles. The zero-order valence-electron chi connectivity index (χ0n) is 11.9. The van der Waals surface area contributed by atoms with Gasteiger partial charge in [0.1, 0.15) is 0 Å². The molecule has 0 bridgehead atoms. The van der Waals surface area contributed by atoms with Gasteiger partial charge < -0.3 is 9.84 Å². The van der Waals surface area contributed by atoms with Crippen molar-refractivity contribution in [2.75, 3.05) is 11.5 Å². The third-order valence-corrected chi connectivity index (χ3v) is 5.22. The molecule has 10 heteroatoms. The predicted molar refractivity (Wildman–Crippen MR) is 75.1 cm³/mol. The Bertz CT molecular complexity index is 794. The Morgan fingerprint density at radius 1 is 1.55 bits per heavy atom. The van der Waals surface area contributed by atoms with Crippen LogP contribution in [-0.2, 0) is 28.2 Å². The number of nitrogens with one attached hydrogen (secondary N) is 1. The fraction of sp³-hybridized carbons (Fsp3) is 0.500. The highest BCUT2D eigenvalue weighted by Crippen LogP contribution is 2.18. The summed E-state index contributed by atoms with van der Waals surface area (Å²) in [6.45, 7) is 0.0721. The van der Waals surface area contributed by atoms with E-state index in [9.17, 15) is 13.2 Å². The second-order valence-corrected chi connectivity index (χ2v) is 7.46. The van der Waals surface area contributed by atoms with Gasteiger partial charge in [0.2, 0.25) is 17.6 Å². The van der Waals surface area contributed by atoms with Crippen LogP contribution in [0.4, 0.5) is 0 Å². The van der Waals surface area contributed by atoms with Gasteiger partial charge in [-0.1, -0.05) is 5.16 Å². The third kappa shape index (κ3) is 3.16. The Hall–Kier alpha value is -2.23. The van der Waals surface area contributed by atoms with E-state index >= 15 is 0 Å². The molecule has 1 aliphatic rings. The van der Waals surface area contributed by atoms with E-state index in [0.29, 0.717) is 17.8 Å². The number of sulfone groups is 1. The Morgan fingerprint density at radius 3 is 3.00 bits per heavy atom. The van der Waals surface area contributed by atoms with Crippen molar-refractivity contribution in [2.45, 2.75) is 13.0 Å². The van der Waals surface area contributed by atoms with Crippen molar-refractivity contribution >= 4 is 15.7 Å². The van der Waals surface area contributed by atoms with Gasteiger partial charge in [-0.15, -0.1) is 0 Å². The SMILES string of the molecule is Cn1cc(-c2noc(CNC(=O)[C@H]3CCS(=O)(=O)C3)n2)cn1. The minimum atomic E-state index is -3.07. The van der Waals surface area contributed by atoms with Crippen LogP contribution < -0.4 is 5.32 Å². The van der Waals surface area contributed by atoms with Gasteiger partial charge in [0.25, 0.3) is 0 Å². The van der Waals surface area contributed by atoms with Crippen LogP contribution in [0.5, 0.6) is 0 Å². The van der Waals surface area contributed by atoms with Crippen LogP contribution in [0.1, 0.15) is 12.3 Å². The molecule has 2 aromatic heterocycles. The molecule has 1 saturated heterocycles. The smallest absolute Gasteiger partial charge is 0.246 e. The van der Waals surface area contributed by atoms with Gasteiger partial charge >= 0.3 is 0 Å². The number of nitrogens with zero attached hydrogens (tertiary/aromatic N) is 4. The van der Waals surface area contributed by atoms with Gasteiger partial charge in [0.05, 0.1) is 35.7 Å². The number of carbonyl (C=O) groups excluding carboxylic acids is 1. The molecule has 22 heavy (non-hydrogen) atoms. The lowest BCUT2D eigenvalue weighted by molar-refractivity contribution is -0.124. The van der Waals surface area contributed by atoms with Crippen LogP contribution in [0.3, 0.4) is 0 Å². The molecule has 1 atom stereocenters. The molecule has 0 unspecified atom stereocenters. The lowest BCUT2D eigenvalue weighted by atomic mass is 10.1. The highest BCUT2D eigenvalue weighted by molar-refractivity contribution is 7.91. The summed E-state index contributed by atoms with van der Waals surface area (Å²) in [5.41, 5.74) is 0.714. The Labute approximate surface area is 126 Å². The summed E-state index contributed by atoms with van der Waals surface area (Å²) >= 11 is 0. The standard InChI is InChI=1S/C12H15N5O4S/c1-17-6-9(4-14-17)11-15-10(21-16-11)5-13-12(18)8-2-3-22(19,20)7-8/h4,6,8H,2-3,5,7H2,1H3,(H,13,18)/t8-/m0/s1. The molecule has 0 saturated carbocycles. The molecule has 0 aliphatic carbocycles. The number of hydrogen-bond donors (Lipinski definition) is 1. The van der Waals surface area contributed by atoms with Crippen molar-refractivity contribution in [3.8, 4) is 11.4 Å². The summed E-state index contributed by atoms with van der Waals surface area (Å²) < 4.78 is 29.4. The summed E-state index contributed by atoms with van der Waals surface area (Å²) in [5, 5.41) is 10.5. The largest absolute Gasteiger partial charge is 0.347 e. The lowest BCUT2D eigenvalue weighted by Gasteiger charge is -2.06. The van der Waals surface area contributed by atoms with Gasteiger partial charge in [0.15, 0.2) is 9.84 Å². The molecule has 118 valence electrons. The van der Waals surface area contributed by atoms with Gasteiger partial charge in [-0.2, -0.15) is 10.1 Å². The van der Waals surface area contributed by atoms with Crippen LogP contribution in [0, 0.1) is 5.92 Å². The third-order valence-electron chi connectivity index (χ3n) is 3.45. The molecule has 0 spiro atoms. The number of rotatable bonds is 4. The first kappa shape index (κ1) is 14.7. The van der Waals surface area contributed by atoms with Crippen molar-refractivity contribution in [1.82, 2.24) is 25.2 Å². The first-order valence-corrected chi connectivity index (χ1v) is 8.55. The lowest BCUT2D eigenvalue weighted by Crippen LogP contribution is -2.31. The maximum absolute atomic E-state index is 11.9. The molecule has 3 heterocycles. The van der Waals surface area contributed by atoms with Crippen molar-refractivity contribution < 1.29 is 17.7 Å². The molecule has 0 radical (unpaired) electrons. The molecule has 1 amide bonds. The maximum Gasteiger partial charge on any atom is 0.246 e. The minimum absolute atomic E-state index is 0.0663.